The largest absolute Gasteiger partial charge is 0.508 e. The molecule has 31 heavy (non-hydrogen) atoms. The number of hydrogen-bond donors (Lipinski definition) is 2. The second-order valence-electron chi connectivity index (χ2n) is 9.43. The normalized spacial score (nSPS) is 13.3. The summed E-state index contributed by atoms with van der Waals surface area (Å²) in [4.78, 5) is 1.12. The number of benzene rings is 3. The van der Waals surface area contributed by atoms with Gasteiger partial charge in [0.15, 0.2) is 0 Å². The molecule has 0 spiro atoms. The molecule has 152 valence electrons. The molecular weight excluding hydrogens is 406 g/mol. The van der Waals surface area contributed by atoms with Gasteiger partial charge in [0, 0.05) is 37.7 Å². The van der Waals surface area contributed by atoms with Crippen LogP contribution in [0.15, 0.2) is 52.9 Å². The van der Waals surface area contributed by atoms with Gasteiger partial charge in [-0.25, -0.2) is 0 Å². The van der Waals surface area contributed by atoms with Crippen molar-refractivity contribution in [3.8, 4) is 11.5 Å². The molecule has 0 bridgehead atoms. The van der Waals surface area contributed by atoms with Gasteiger partial charge in [0.1, 0.15) is 21.9 Å². The summed E-state index contributed by atoms with van der Waals surface area (Å²) in [6.07, 6.45) is 0. The van der Waals surface area contributed by atoms with E-state index in [1.807, 2.05) is 18.2 Å². The maximum Gasteiger partial charge on any atom is 0.214 e. The first-order chi connectivity index (χ1) is 14.8. The van der Waals surface area contributed by atoms with E-state index in [1.165, 1.54) is 27.2 Å². The number of fused-ring (bicyclic) bond motifs is 10. The molecule has 0 aliphatic rings. The molecule has 7 rings (SSSR count). The summed E-state index contributed by atoms with van der Waals surface area (Å²) in [6, 6.07) is 15.6. The van der Waals surface area contributed by atoms with Gasteiger partial charge in [0.2, 0.25) is 5.71 Å². The minimum atomic E-state index is -0.0102. The molecule has 0 radical (unpaired) electrons. The Labute approximate surface area is 180 Å². The van der Waals surface area contributed by atoms with Crippen molar-refractivity contribution in [2.75, 3.05) is 0 Å². The zero-order chi connectivity index (χ0) is 21.2. The number of aromatic nitrogens is 1. The zero-order valence-electron chi connectivity index (χ0n) is 17.3. The summed E-state index contributed by atoms with van der Waals surface area (Å²) in [5.41, 5.74) is 3.92. The van der Waals surface area contributed by atoms with E-state index in [1.54, 1.807) is 29.5 Å². The van der Waals surface area contributed by atoms with Crippen LogP contribution in [0.4, 0.5) is 0 Å². The van der Waals surface area contributed by atoms with Crippen molar-refractivity contribution >= 4 is 70.0 Å². The smallest absolute Gasteiger partial charge is 0.214 e. The van der Waals surface area contributed by atoms with Crippen LogP contribution in [0.3, 0.4) is 0 Å². The topological polar surface area (TPSA) is 58.0 Å². The number of phenols is 2. The van der Waals surface area contributed by atoms with Gasteiger partial charge in [-0.3, -0.25) is 4.40 Å². The first-order valence-electron chi connectivity index (χ1n) is 10.3. The van der Waals surface area contributed by atoms with Crippen LogP contribution in [-0.2, 0) is 5.41 Å². The highest BCUT2D eigenvalue weighted by Gasteiger charge is 2.27. The third-order valence-electron chi connectivity index (χ3n) is 6.45. The lowest BCUT2D eigenvalue weighted by atomic mass is 9.85. The molecule has 4 aromatic heterocycles. The summed E-state index contributed by atoms with van der Waals surface area (Å²) in [5.74, 6) is 0.474. The Balaban J connectivity index is 1.83. The van der Waals surface area contributed by atoms with Crippen LogP contribution in [0.1, 0.15) is 26.3 Å². The van der Waals surface area contributed by atoms with Crippen molar-refractivity contribution in [3.05, 3.63) is 54.1 Å². The maximum atomic E-state index is 10.0. The molecule has 4 nitrogen and oxygen atoms in total. The van der Waals surface area contributed by atoms with Crippen LogP contribution in [0.25, 0.3) is 58.7 Å². The van der Waals surface area contributed by atoms with Crippen molar-refractivity contribution in [2.45, 2.75) is 26.2 Å². The van der Waals surface area contributed by atoms with Crippen LogP contribution < -0.4 is 0 Å². The Morgan fingerprint density at radius 1 is 0.806 bits per heavy atom. The third-order valence-corrected chi connectivity index (χ3v) is 7.59. The van der Waals surface area contributed by atoms with Gasteiger partial charge < -0.3 is 14.6 Å². The number of rotatable bonds is 0. The van der Waals surface area contributed by atoms with Crippen LogP contribution >= 0.6 is 11.3 Å². The van der Waals surface area contributed by atoms with Gasteiger partial charge in [-0.1, -0.05) is 20.8 Å². The molecule has 2 N–H and O–H groups in total. The van der Waals surface area contributed by atoms with E-state index in [4.69, 9.17) is 4.42 Å². The highest BCUT2D eigenvalue weighted by molar-refractivity contribution is 7.25. The van der Waals surface area contributed by atoms with Gasteiger partial charge in [-0.2, -0.15) is 0 Å². The number of thiophene rings is 1. The molecule has 0 fully saturated rings. The van der Waals surface area contributed by atoms with Crippen LogP contribution in [0, 0.1) is 0 Å². The fourth-order valence-corrected chi connectivity index (χ4v) is 6.22. The summed E-state index contributed by atoms with van der Waals surface area (Å²) in [6.45, 7) is 6.71. The Kier molecular flexibility index (Phi) is 2.92. The number of aromatic hydroxyl groups is 2. The Bertz CT molecular complexity index is 1720. The first kappa shape index (κ1) is 17.3. The van der Waals surface area contributed by atoms with Gasteiger partial charge in [-0.15, -0.1) is 11.3 Å². The number of furan rings is 1. The molecule has 0 aliphatic carbocycles. The zero-order valence-corrected chi connectivity index (χ0v) is 18.1. The van der Waals surface area contributed by atoms with E-state index in [9.17, 15) is 10.2 Å². The van der Waals surface area contributed by atoms with E-state index in [-0.39, 0.29) is 16.9 Å². The minimum Gasteiger partial charge on any atom is -0.508 e. The molecule has 7 aromatic rings. The molecule has 0 saturated heterocycles. The fraction of sp³-hybridized carbons (Fsp3) is 0.154. The Hall–Kier alpha value is -3.44. The highest BCUT2D eigenvalue weighted by Crippen LogP contribution is 2.49. The predicted octanol–water partition coefficient (Wildman–Crippen LogP) is 7.51. The van der Waals surface area contributed by atoms with E-state index < -0.39 is 0 Å². The lowest BCUT2D eigenvalue weighted by Crippen LogP contribution is -2.10. The number of phenolic OH excluding ortho intramolecular Hbond substituents is 2. The molecule has 0 atom stereocenters. The third kappa shape index (κ3) is 2.04. The quantitative estimate of drug-likeness (QED) is 0.264. The van der Waals surface area contributed by atoms with E-state index in [2.05, 4.69) is 37.3 Å². The fourth-order valence-electron chi connectivity index (χ4n) is 4.97. The average molecular weight is 426 g/mol. The van der Waals surface area contributed by atoms with Crippen LogP contribution in [-0.4, -0.2) is 14.6 Å². The molecule has 5 heteroatoms. The van der Waals surface area contributed by atoms with Crippen molar-refractivity contribution in [1.82, 2.24) is 4.40 Å². The highest BCUT2D eigenvalue weighted by atomic mass is 32.1. The molecule has 4 heterocycles. The lowest BCUT2D eigenvalue weighted by molar-refractivity contribution is 0.474. The summed E-state index contributed by atoms with van der Waals surface area (Å²) in [7, 11) is 0. The monoisotopic (exact) mass is 425 g/mol. The Morgan fingerprint density at radius 3 is 2.23 bits per heavy atom. The summed E-state index contributed by atoms with van der Waals surface area (Å²) in [5, 5.41) is 26.9. The van der Waals surface area contributed by atoms with Crippen molar-refractivity contribution in [2.24, 2.45) is 0 Å². The average Bonchev–Trinajstić information content (AvgIpc) is 3.39. The first-order valence-corrected chi connectivity index (χ1v) is 11.1. The summed E-state index contributed by atoms with van der Waals surface area (Å²) < 4.78 is 9.61. The van der Waals surface area contributed by atoms with Crippen molar-refractivity contribution in [3.63, 3.8) is 0 Å². The van der Waals surface area contributed by atoms with Gasteiger partial charge in [-0.05, 0) is 53.4 Å². The van der Waals surface area contributed by atoms with E-state index in [0.29, 0.717) is 5.58 Å². The molecular formula is C26H19NO3S. The second-order valence-corrected chi connectivity index (χ2v) is 10.5. The molecule has 0 aliphatic heterocycles. The number of hydrogen-bond acceptors (Lipinski definition) is 4. The second kappa shape index (κ2) is 5.24. The van der Waals surface area contributed by atoms with Gasteiger partial charge in [0.25, 0.3) is 0 Å². The SMILES string of the molecule is CC(C)(C)c1cc2c3c4ccc(O)cc4oc3n3c4sc5cc(O)ccc5c4c(c1)c23. The number of nitrogens with zero attached hydrogens (tertiary/aromatic N) is 1. The standard InChI is InChI=1S/C26H19NO3S/c1-26(2,3)12-8-17-21-15-6-4-13(28)10-19(15)30-24(21)27-23(17)18(9-12)22-16-7-5-14(29)11-20(16)31-25(22)27/h4-11,28-29H,1-3H3. The van der Waals surface area contributed by atoms with Crippen molar-refractivity contribution < 1.29 is 14.6 Å². The molecule has 0 amide bonds. The lowest BCUT2D eigenvalue weighted by Gasteiger charge is -2.19. The van der Waals surface area contributed by atoms with Gasteiger partial charge in [0.05, 0.1) is 10.9 Å². The maximum absolute atomic E-state index is 10.0. The molecule has 0 unspecified atom stereocenters. The van der Waals surface area contributed by atoms with Gasteiger partial charge >= 0.3 is 0 Å². The molecule has 0 saturated carbocycles. The Morgan fingerprint density at radius 2 is 1.48 bits per heavy atom. The van der Waals surface area contributed by atoms with E-state index >= 15 is 0 Å². The molecule has 3 aromatic carbocycles. The minimum absolute atomic E-state index is 0.0102. The summed E-state index contributed by atoms with van der Waals surface area (Å²) >= 11 is 1.67. The predicted molar refractivity (Wildman–Crippen MR) is 128 cm³/mol. The van der Waals surface area contributed by atoms with Crippen molar-refractivity contribution in [1.29, 1.82) is 0 Å². The van der Waals surface area contributed by atoms with Crippen LogP contribution in [0.5, 0.6) is 11.5 Å². The van der Waals surface area contributed by atoms with Crippen LogP contribution in [0.2, 0.25) is 0 Å². The van der Waals surface area contributed by atoms with E-state index in [0.717, 1.165) is 31.4 Å².